The second-order valence-corrected chi connectivity index (χ2v) is 17.5. The number of phosphoric ester groups is 1. The van der Waals surface area contributed by atoms with Crippen molar-refractivity contribution in [3.8, 4) is 0 Å². The lowest BCUT2D eigenvalue weighted by Gasteiger charge is -2.24. The van der Waals surface area contributed by atoms with Crippen LogP contribution < -0.4 is 0 Å². The molecule has 0 bridgehead atoms. The second kappa shape index (κ2) is 38.6. The third kappa shape index (κ3) is 41.9. The van der Waals surface area contributed by atoms with Gasteiger partial charge in [-0.1, -0.05) is 153 Å². The van der Waals surface area contributed by atoms with E-state index >= 15 is 0 Å². The predicted molar refractivity (Wildman–Crippen MR) is 229 cm³/mol. The van der Waals surface area contributed by atoms with Gasteiger partial charge in [0.2, 0.25) is 0 Å². The van der Waals surface area contributed by atoms with E-state index in [0.29, 0.717) is 24.1 Å². The van der Waals surface area contributed by atoms with Gasteiger partial charge in [0.05, 0.1) is 34.4 Å². The van der Waals surface area contributed by atoms with Gasteiger partial charge in [-0.15, -0.1) is 0 Å². The zero-order chi connectivity index (χ0) is 39.9. The molecule has 0 saturated heterocycles. The Balaban J connectivity index is 4.25. The highest BCUT2D eigenvalue weighted by Crippen LogP contribution is 2.43. The van der Waals surface area contributed by atoms with Crippen molar-refractivity contribution in [3.63, 3.8) is 0 Å². The Bertz CT molecular complexity index is 962. The van der Waals surface area contributed by atoms with Gasteiger partial charge in [-0.25, -0.2) is 4.57 Å². The Morgan fingerprint density at radius 3 is 1.57 bits per heavy atom. The standard InChI is InChI=1S/C45H86NO7P/c1-6-8-10-12-14-16-18-20-22-23-24-26-28-30-32-34-36-38-45(47)53-44(43-52-54(48,49)51-41-39-46(3,4)5)42-50-40-37-35-33-31-29-27-25-21-19-17-15-13-11-9-7-2/h13,15,19-22,44H,6-12,14,16-18,23-43H2,1-5H3/p+1/b15-13-,21-19-,22-20-. The zero-order valence-electron chi connectivity index (χ0n) is 36.0. The van der Waals surface area contributed by atoms with Crippen molar-refractivity contribution in [2.45, 2.75) is 193 Å². The van der Waals surface area contributed by atoms with E-state index < -0.39 is 13.9 Å². The van der Waals surface area contributed by atoms with E-state index in [4.69, 9.17) is 18.5 Å². The summed E-state index contributed by atoms with van der Waals surface area (Å²) in [7, 11) is 1.66. The van der Waals surface area contributed by atoms with Crippen LogP contribution in [-0.2, 0) is 27.9 Å². The van der Waals surface area contributed by atoms with Crippen LogP contribution >= 0.6 is 7.82 Å². The Labute approximate surface area is 334 Å². The average molecular weight is 785 g/mol. The van der Waals surface area contributed by atoms with Crippen LogP contribution in [0.15, 0.2) is 36.5 Å². The molecule has 0 spiro atoms. The fraction of sp³-hybridized carbons (Fsp3) is 0.844. The molecule has 0 fully saturated rings. The van der Waals surface area contributed by atoms with Crippen LogP contribution in [0.4, 0.5) is 0 Å². The third-order valence-corrected chi connectivity index (χ3v) is 10.4. The fourth-order valence-corrected chi connectivity index (χ4v) is 6.66. The molecule has 1 N–H and O–H groups in total. The van der Waals surface area contributed by atoms with Gasteiger partial charge in [-0.05, 0) is 64.2 Å². The molecule has 0 amide bonds. The summed E-state index contributed by atoms with van der Waals surface area (Å²) in [5.74, 6) is -0.322. The molecule has 0 aliphatic heterocycles. The number of allylic oxidation sites excluding steroid dienone is 6. The number of carbonyl (C=O) groups is 1. The molecule has 2 unspecified atom stereocenters. The quantitative estimate of drug-likeness (QED) is 0.0217. The number of quaternary nitrogens is 1. The maximum absolute atomic E-state index is 12.7. The topological polar surface area (TPSA) is 91.3 Å². The van der Waals surface area contributed by atoms with Gasteiger partial charge in [0.25, 0.3) is 0 Å². The van der Waals surface area contributed by atoms with Gasteiger partial charge in [0, 0.05) is 13.0 Å². The molecule has 0 aliphatic carbocycles. The van der Waals surface area contributed by atoms with Crippen LogP contribution in [0, 0.1) is 0 Å². The number of rotatable bonds is 41. The molecule has 0 aromatic heterocycles. The zero-order valence-corrected chi connectivity index (χ0v) is 36.9. The first kappa shape index (κ1) is 52.7. The molecule has 0 rings (SSSR count). The summed E-state index contributed by atoms with van der Waals surface area (Å²) in [6.07, 6.45) is 44.5. The van der Waals surface area contributed by atoms with Crippen molar-refractivity contribution >= 4 is 13.8 Å². The summed E-state index contributed by atoms with van der Waals surface area (Å²) < 4.78 is 35.0. The lowest BCUT2D eigenvalue weighted by molar-refractivity contribution is -0.870. The van der Waals surface area contributed by atoms with Crippen LogP contribution in [0.1, 0.15) is 187 Å². The fourth-order valence-electron chi connectivity index (χ4n) is 5.92. The van der Waals surface area contributed by atoms with Crippen LogP contribution in [0.25, 0.3) is 0 Å². The third-order valence-electron chi connectivity index (χ3n) is 9.42. The van der Waals surface area contributed by atoms with Crippen molar-refractivity contribution < 1.29 is 37.3 Å². The van der Waals surface area contributed by atoms with E-state index in [2.05, 4.69) is 50.3 Å². The van der Waals surface area contributed by atoms with Gasteiger partial charge >= 0.3 is 13.8 Å². The number of esters is 1. The lowest BCUT2D eigenvalue weighted by atomic mass is 10.1. The Morgan fingerprint density at radius 2 is 1.04 bits per heavy atom. The summed E-state index contributed by atoms with van der Waals surface area (Å²) in [5, 5.41) is 0. The van der Waals surface area contributed by atoms with E-state index in [0.717, 1.165) is 44.9 Å². The molecular weight excluding hydrogens is 697 g/mol. The van der Waals surface area contributed by atoms with Crippen molar-refractivity contribution in [3.05, 3.63) is 36.5 Å². The summed E-state index contributed by atoms with van der Waals surface area (Å²) in [4.78, 5) is 22.9. The SMILES string of the molecule is CCCC/C=C\C/C=C\CCCCCCCCOCC(COP(=O)(O)OCC[N+](C)(C)C)OC(=O)CCCCCCCCC/C=C\CCCCCCCC. The van der Waals surface area contributed by atoms with E-state index in [1.54, 1.807) is 0 Å². The van der Waals surface area contributed by atoms with Gasteiger partial charge in [0.15, 0.2) is 0 Å². The van der Waals surface area contributed by atoms with E-state index in [9.17, 15) is 14.3 Å². The molecule has 8 nitrogen and oxygen atoms in total. The molecule has 2 atom stereocenters. The van der Waals surface area contributed by atoms with E-state index in [1.807, 2.05) is 21.1 Å². The molecule has 0 aliphatic rings. The highest BCUT2D eigenvalue weighted by Gasteiger charge is 2.26. The summed E-state index contributed by atoms with van der Waals surface area (Å²) in [6.45, 7) is 5.56. The number of nitrogens with zero attached hydrogens (tertiary/aromatic N) is 1. The Morgan fingerprint density at radius 1 is 0.574 bits per heavy atom. The minimum Gasteiger partial charge on any atom is -0.457 e. The molecule has 0 aromatic carbocycles. The summed E-state index contributed by atoms with van der Waals surface area (Å²) in [6, 6.07) is 0. The molecule has 0 saturated carbocycles. The summed E-state index contributed by atoms with van der Waals surface area (Å²) in [5.41, 5.74) is 0. The van der Waals surface area contributed by atoms with Crippen LogP contribution in [0.3, 0.4) is 0 Å². The first-order valence-electron chi connectivity index (χ1n) is 22.2. The molecule has 0 radical (unpaired) electrons. The molecular formula is C45H87NO7P+. The van der Waals surface area contributed by atoms with Gasteiger partial charge in [0.1, 0.15) is 19.3 Å². The largest absolute Gasteiger partial charge is 0.472 e. The second-order valence-electron chi connectivity index (χ2n) is 16.1. The van der Waals surface area contributed by atoms with Crippen LogP contribution in [-0.4, -0.2) is 75.6 Å². The lowest BCUT2D eigenvalue weighted by Crippen LogP contribution is -2.37. The van der Waals surface area contributed by atoms with Gasteiger partial charge < -0.3 is 18.9 Å². The smallest absolute Gasteiger partial charge is 0.457 e. The first-order valence-corrected chi connectivity index (χ1v) is 23.7. The number of hydrogen-bond donors (Lipinski definition) is 1. The highest BCUT2D eigenvalue weighted by molar-refractivity contribution is 7.47. The maximum atomic E-state index is 12.7. The van der Waals surface area contributed by atoms with Gasteiger partial charge in [-0.3, -0.25) is 13.8 Å². The number of likely N-dealkylation sites (N-methyl/N-ethyl adjacent to an activating group) is 1. The Hall–Kier alpha value is -1.28. The number of hydrogen-bond acceptors (Lipinski definition) is 6. The number of carbonyl (C=O) groups excluding carboxylic acids is 1. The maximum Gasteiger partial charge on any atom is 0.472 e. The molecule has 9 heteroatoms. The first-order chi connectivity index (χ1) is 26.1. The van der Waals surface area contributed by atoms with Gasteiger partial charge in [-0.2, -0.15) is 0 Å². The van der Waals surface area contributed by atoms with Crippen LogP contribution in [0.5, 0.6) is 0 Å². The van der Waals surface area contributed by atoms with Crippen molar-refractivity contribution in [1.29, 1.82) is 0 Å². The number of ether oxygens (including phenoxy) is 2. The minimum atomic E-state index is -4.28. The predicted octanol–water partition coefficient (Wildman–Crippen LogP) is 13.0. The van der Waals surface area contributed by atoms with Crippen molar-refractivity contribution in [2.24, 2.45) is 0 Å². The summed E-state index contributed by atoms with van der Waals surface area (Å²) >= 11 is 0. The Kier molecular flexibility index (Phi) is 37.7. The van der Waals surface area contributed by atoms with Crippen molar-refractivity contribution in [2.75, 3.05) is 54.1 Å². The van der Waals surface area contributed by atoms with E-state index in [-0.39, 0.29) is 25.8 Å². The molecule has 54 heavy (non-hydrogen) atoms. The number of unbranched alkanes of at least 4 members (excludes halogenated alkanes) is 21. The molecule has 0 aromatic rings. The minimum absolute atomic E-state index is 0.0854. The number of phosphoric acid groups is 1. The van der Waals surface area contributed by atoms with Crippen molar-refractivity contribution in [1.82, 2.24) is 0 Å². The normalized spacial score (nSPS) is 14.1. The molecule has 0 heterocycles. The van der Waals surface area contributed by atoms with E-state index in [1.165, 1.54) is 122 Å². The highest BCUT2D eigenvalue weighted by atomic mass is 31.2. The van der Waals surface area contributed by atoms with Crippen LogP contribution in [0.2, 0.25) is 0 Å². The molecule has 318 valence electrons. The average Bonchev–Trinajstić information content (AvgIpc) is 3.12. The monoisotopic (exact) mass is 785 g/mol.